The Hall–Kier alpha value is -3.30. The third-order valence-electron chi connectivity index (χ3n) is 6.03. The molecule has 1 unspecified atom stereocenters. The van der Waals surface area contributed by atoms with E-state index in [9.17, 15) is 18.0 Å². The van der Waals surface area contributed by atoms with Gasteiger partial charge in [-0.1, -0.05) is 42.5 Å². The number of aliphatic carboxylic acids is 1. The van der Waals surface area contributed by atoms with Gasteiger partial charge in [-0.2, -0.15) is 13.2 Å². The zero-order valence-electron chi connectivity index (χ0n) is 19.2. The summed E-state index contributed by atoms with van der Waals surface area (Å²) < 4.78 is 51.3. The SMILES string of the molecule is C[C@@H](NCC1CN(c2cc(OCC(=O)O)cc(C(F)(F)F)c2)CCO1)c1cccc2ccccc12. The van der Waals surface area contributed by atoms with Crippen molar-refractivity contribution >= 4 is 22.4 Å². The standard InChI is InChI=1S/C26H27F3N2O4/c1-17(23-8-4-6-18-5-2-3-7-24(18)23)30-14-22-15-31(9-10-34-22)20-11-19(26(27,28)29)12-21(13-20)35-16-25(32)33/h2-8,11-13,17,22,30H,9-10,14-16H2,1H3,(H,32,33)/t17-,22?/m1/s1. The smallest absolute Gasteiger partial charge is 0.416 e. The molecule has 0 radical (unpaired) electrons. The van der Waals surface area contributed by atoms with Gasteiger partial charge in [0.2, 0.25) is 0 Å². The molecule has 186 valence electrons. The van der Waals surface area contributed by atoms with E-state index in [0.717, 1.165) is 23.1 Å². The van der Waals surface area contributed by atoms with Crippen LogP contribution in [0.2, 0.25) is 0 Å². The number of alkyl halides is 3. The van der Waals surface area contributed by atoms with Gasteiger partial charge in [-0.05, 0) is 35.4 Å². The number of rotatable bonds is 8. The van der Waals surface area contributed by atoms with Gasteiger partial charge in [-0.3, -0.25) is 0 Å². The van der Waals surface area contributed by atoms with Crippen LogP contribution in [0.25, 0.3) is 10.8 Å². The summed E-state index contributed by atoms with van der Waals surface area (Å²) in [4.78, 5) is 12.6. The predicted molar refractivity (Wildman–Crippen MR) is 127 cm³/mol. The number of benzene rings is 3. The second-order valence-corrected chi connectivity index (χ2v) is 8.53. The van der Waals surface area contributed by atoms with E-state index in [-0.39, 0.29) is 17.9 Å². The van der Waals surface area contributed by atoms with Crippen LogP contribution in [0.5, 0.6) is 5.75 Å². The Labute approximate surface area is 201 Å². The summed E-state index contributed by atoms with van der Waals surface area (Å²) in [6.07, 6.45) is -4.82. The molecule has 0 bridgehead atoms. The number of halogens is 3. The molecule has 0 amide bonds. The maximum atomic E-state index is 13.4. The van der Waals surface area contributed by atoms with E-state index in [1.807, 2.05) is 18.2 Å². The average molecular weight is 489 g/mol. The lowest BCUT2D eigenvalue weighted by Gasteiger charge is -2.35. The number of morpholine rings is 1. The number of carboxylic acid groups (broad SMARTS) is 1. The quantitative estimate of drug-likeness (QED) is 0.471. The summed E-state index contributed by atoms with van der Waals surface area (Å²) >= 11 is 0. The summed E-state index contributed by atoms with van der Waals surface area (Å²) in [6.45, 7) is 3.02. The van der Waals surface area contributed by atoms with Gasteiger partial charge in [0.1, 0.15) is 5.75 Å². The minimum atomic E-state index is -4.58. The van der Waals surface area contributed by atoms with E-state index in [4.69, 9.17) is 14.6 Å². The summed E-state index contributed by atoms with van der Waals surface area (Å²) in [5, 5.41) is 14.6. The molecule has 0 aromatic heterocycles. The number of carboxylic acids is 1. The van der Waals surface area contributed by atoms with Crippen molar-refractivity contribution in [2.75, 3.05) is 37.7 Å². The van der Waals surface area contributed by atoms with E-state index in [2.05, 4.69) is 36.5 Å². The molecular weight excluding hydrogens is 461 g/mol. The van der Waals surface area contributed by atoms with Crippen molar-refractivity contribution in [3.05, 3.63) is 71.8 Å². The van der Waals surface area contributed by atoms with Crippen LogP contribution in [-0.4, -0.2) is 50.0 Å². The fraction of sp³-hybridized carbons (Fsp3) is 0.346. The first-order valence-electron chi connectivity index (χ1n) is 11.3. The molecule has 0 aliphatic carbocycles. The van der Waals surface area contributed by atoms with Crippen LogP contribution in [-0.2, 0) is 15.7 Å². The van der Waals surface area contributed by atoms with Gasteiger partial charge in [0.05, 0.1) is 18.3 Å². The molecule has 4 rings (SSSR count). The third-order valence-corrected chi connectivity index (χ3v) is 6.03. The van der Waals surface area contributed by atoms with E-state index in [1.165, 1.54) is 11.5 Å². The topological polar surface area (TPSA) is 71.0 Å². The summed E-state index contributed by atoms with van der Waals surface area (Å²) in [5.41, 5.74) is 0.589. The van der Waals surface area contributed by atoms with E-state index in [0.29, 0.717) is 31.9 Å². The van der Waals surface area contributed by atoms with E-state index < -0.39 is 24.3 Å². The highest BCUT2D eigenvalue weighted by Crippen LogP contribution is 2.36. The number of ether oxygens (including phenoxy) is 2. The normalized spacial score (nSPS) is 17.4. The molecule has 1 saturated heterocycles. The number of carbonyl (C=O) groups is 1. The van der Waals surface area contributed by atoms with Gasteiger partial charge < -0.3 is 24.8 Å². The molecule has 1 heterocycles. The van der Waals surface area contributed by atoms with Crippen LogP contribution in [0.4, 0.5) is 18.9 Å². The molecule has 1 aliphatic rings. The number of fused-ring (bicyclic) bond motifs is 1. The highest BCUT2D eigenvalue weighted by Gasteiger charge is 2.33. The second kappa shape index (κ2) is 10.5. The van der Waals surface area contributed by atoms with E-state index in [1.54, 1.807) is 4.90 Å². The van der Waals surface area contributed by atoms with E-state index >= 15 is 0 Å². The fourth-order valence-electron chi connectivity index (χ4n) is 4.28. The van der Waals surface area contributed by atoms with Crippen LogP contribution in [0.1, 0.15) is 24.1 Å². The first-order chi connectivity index (χ1) is 16.7. The monoisotopic (exact) mass is 488 g/mol. The van der Waals surface area contributed by atoms with Gasteiger partial charge in [-0.25, -0.2) is 4.79 Å². The maximum Gasteiger partial charge on any atom is 0.416 e. The van der Waals surface area contributed by atoms with Gasteiger partial charge in [0.15, 0.2) is 6.61 Å². The predicted octanol–water partition coefficient (Wildman–Crippen LogP) is 4.88. The zero-order valence-corrected chi connectivity index (χ0v) is 19.2. The maximum absolute atomic E-state index is 13.4. The molecule has 9 heteroatoms. The number of anilines is 1. The summed E-state index contributed by atoms with van der Waals surface area (Å²) in [7, 11) is 0. The molecule has 2 atom stereocenters. The van der Waals surface area contributed by atoms with Gasteiger partial charge in [-0.15, -0.1) is 0 Å². The fourth-order valence-corrected chi connectivity index (χ4v) is 4.28. The number of hydrogen-bond acceptors (Lipinski definition) is 5. The first kappa shape index (κ1) is 24.8. The van der Waals surface area contributed by atoms with Crippen molar-refractivity contribution < 1.29 is 32.5 Å². The average Bonchev–Trinajstić information content (AvgIpc) is 2.85. The molecule has 3 aromatic carbocycles. The lowest BCUT2D eigenvalue weighted by Crippen LogP contribution is -2.47. The van der Waals surface area contributed by atoms with Crippen molar-refractivity contribution in [2.45, 2.75) is 25.2 Å². The number of hydrogen-bond donors (Lipinski definition) is 2. The minimum Gasteiger partial charge on any atom is -0.482 e. The minimum absolute atomic E-state index is 0.0460. The highest BCUT2D eigenvalue weighted by molar-refractivity contribution is 5.86. The van der Waals surface area contributed by atoms with Crippen LogP contribution in [0, 0.1) is 0 Å². The van der Waals surface area contributed by atoms with Crippen LogP contribution in [0.15, 0.2) is 60.7 Å². The molecule has 35 heavy (non-hydrogen) atoms. The molecule has 0 spiro atoms. The lowest BCUT2D eigenvalue weighted by atomic mass is 9.99. The van der Waals surface area contributed by atoms with Gasteiger partial charge in [0, 0.05) is 37.4 Å². The molecule has 3 aromatic rings. The molecule has 1 fully saturated rings. The Morgan fingerprint density at radius 2 is 1.97 bits per heavy atom. The molecule has 6 nitrogen and oxygen atoms in total. The summed E-state index contributed by atoms with van der Waals surface area (Å²) in [6, 6.07) is 17.7. The molecular formula is C26H27F3N2O4. The largest absolute Gasteiger partial charge is 0.482 e. The zero-order chi connectivity index (χ0) is 25.0. The second-order valence-electron chi connectivity index (χ2n) is 8.53. The number of nitrogens with one attached hydrogen (secondary N) is 1. The Bertz CT molecular complexity index is 1180. The Kier molecular flexibility index (Phi) is 7.47. The Morgan fingerprint density at radius 3 is 2.74 bits per heavy atom. The van der Waals surface area contributed by atoms with Crippen molar-refractivity contribution in [1.29, 1.82) is 0 Å². The summed E-state index contributed by atoms with van der Waals surface area (Å²) in [5.74, 6) is -1.40. The molecule has 2 N–H and O–H groups in total. The lowest BCUT2D eigenvalue weighted by molar-refractivity contribution is -0.139. The van der Waals surface area contributed by atoms with Crippen molar-refractivity contribution in [3.8, 4) is 5.75 Å². The highest BCUT2D eigenvalue weighted by atomic mass is 19.4. The number of nitrogens with zero attached hydrogens (tertiary/aromatic N) is 1. The first-order valence-corrected chi connectivity index (χ1v) is 11.3. The van der Waals surface area contributed by atoms with Crippen LogP contribution >= 0.6 is 0 Å². The molecule has 0 saturated carbocycles. The Morgan fingerprint density at radius 1 is 1.20 bits per heavy atom. The Balaban J connectivity index is 1.45. The van der Waals surface area contributed by atoms with Crippen LogP contribution in [0.3, 0.4) is 0 Å². The van der Waals surface area contributed by atoms with Gasteiger partial charge in [0.25, 0.3) is 0 Å². The van der Waals surface area contributed by atoms with Crippen molar-refractivity contribution in [2.24, 2.45) is 0 Å². The van der Waals surface area contributed by atoms with Crippen molar-refractivity contribution in [3.63, 3.8) is 0 Å². The third kappa shape index (κ3) is 6.23. The van der Waals surface area contributed by atoms with Crippen molar-refractivity contribution in [1.82, 2.24) is 5.32 Å². The van der Waals surface area contributed by atoms with Crippen LogP contribution < -0.4 is 15.0 Å². The van der Waals surface area contributed by atoms with Gasteiger partial charge >= 0.3 is 12.1 Å². The molecule has 1 aliphatic heterocycles.